The molecule has 0 bridgehead atoms. The van der Waals surface area contributed by atoms with E-state index in [4.69, 9.17) is 0 Å². The first kappa shape index (κ1) is 25.1. The van der Waals surface area contributed by atoms with E-state index in [-0.39, 0.29) is 10.6 Å². The molecule has 1 amide bonds. The van der Waals surface area contributed by atoms with E-state index in [1.54, 1.807) is 0 Å². The Morgan fingerprint density at radius 1 is 0.794 bits per heavy atom. The summed E-state index contributed by atoms with van der Waals surface area (Å²) in [6.07, 6.45) is -9.66. The first-order valence-electron chi connectivity index (χ1n) is 9.51. The van der Waals surface area contributed by atoms with Crippen LogP contribution in [0.1, 0.15) is 11.1 Å². The highest BCUT2D eigenvalue weighted by Gasteiger charge is 2.39. The van der Waals surface area contributed by atoms with E-state index in [0.29, 0.717) is 12.1 Å². The lowest BCUT2D eigenvalue weighted by atomic mass is 10.2. The lowest BCUT2D eigenvalue weighted by Crippen LogP contribution is -2.24. The molecular formula is C22H16F6N2O3S. The van der Waals surface area contributed by atoms with Crippen molar-refractivity contribution in [2.75, 3.05) is 17.2 Å². The Balaban J connectivity index is 1.90. The van der Waals surface area contributed by atoms with Gasteiger partial charge in [0.05, 0.1) is 28.3 Å². The van der Waals surface area contributed by atoms with Crippen LogP contribution in [0.3, 0.4) is 0 Å². The van der Waals surface area contributed by atoms with E-state index in [2.05, 4.69) is 10.6 Å². The summed E-state index contributed by atoms with van der Waals surface area (Å²) in [4.78, 5) is 10.8. The predicted molar refractivity (Wildman–Crippen MR) is 112 cm³/mol. The molecule has 2 N–H and O–H groups in total. The molecule has 0 fully saturated rings. The molecule has 3 aromatic carbocycles. The number of rotatable bonds is 6. The normalized spacial score (nSPS) is 12.3. The molecule has 5 nitrogen and oxygen atoms in total. The standard InChI is InChI=1S/C22H16F6N2O3S/c23-21(24,25)14-6-4-7-15(12-14)30-19(31)13-29-18-11-5-10-17(22(26,27)28)20(18)34(32,33)16-8-2-1-3-9-16/h1-12,29H,13H2,(H,30,31). The maximum absolute atomic E-state index is 13.6. The molecule has 180 valence electrons. The van der Waals surface area contributed by atoms with Crippen LogP contribution in [0.25, 0.3) is 0 Å². The summed E-state index contributed by atoms with van der Waals surface area (Å²) in [6, 6.07) is 12.8. The largest absolute Gasteiger partial charge is 0.417 e. The number of alkyl halides is 6. The van der Waals surface area contributed by atoms with Gasteiger partial charge in [-0.15, -0.1) is 0 Å². The number of sulfone groups is 1. The molecule has 0 aliphatic heterocycles. The van der Waals surface area contributed by atoms with Crippen LogP contribution >= 0.6 is 0 Å². The molecule has 34 heavy (non-hydrogen) atoms. The van der Waals surface area contributed by atoms with Crippen molar-refractivity contribution in [2.24, 2.45) is 0 Å². The third-order valence-electron chi connectivity index (χ3n) is 4.56. The van der Waals surface area contributed by atoms with E-state index in [0.717, 1.165) is 36.4 Å². The molecule has 0 heterocycles. The molecular weight excluding hydrogens is 486 g/mol. The Hall–Kier alpha value is -3.54. The highest BCUT2D eigenvalue weighted by Crippen LogP contribution is 2.40. The molecule has 0 radical (unpaired) electrons. The van der Waals surface area contributed by atoms with Gasteiger partial charge in [0.2, 0.25) is 15.7 Å². The van der Waals surface area contributed by atoms with Crippen molar-refractivity contribution in [2.45, 2.75) is 22.1 Å². The third-order valence-corrected chi connectivity index (χ3v) is 6.43. The number of halogens is 6. The Morgan fingerprint density at radius 3 is 2.06 bits per heavy atom. The third kappa shape index (κ3) is 5.68. The summed E-state index contributed by atoms with van der Waals surface area (Å²) < 4.78 is 105. The Bertz CT molecular complexity index is 1290. The molecule has 12 heteroatoms. The van der Waals surface area contributed by atoms with Crippen molar-refractivity contribution in [3.8, 4) is 0 Å². The highest BCUT2D eigenvalue weighted by molar-refractivity contribution is 7.91. The molecule has 0 aliphatic carbocycles. The topological polar surface area (TPSA) is 75.3 Å². The fraction of sp³-hybridized carbons (Fsp3) is 0.136. The summed E-state index contributed by atoms with van der Waals surface area (Å²) in [5.41, 5.74) is -3.12. The molecule has 0 spiro atoms. The van der Waals surface area contributed by atoms with Crippen LogP contribution in [-0.2, 0) is 27.0 Å². The van der Waals surface area contributed by atoms with Crippen molar-refractivity contribution < 1.29 is 39.6 Å². The number of anilines is 2. The van der Waals surface area contributed by atoms with Gasteiger partial charge in [-0.1, -0.05) is 30.3 Å². The number of hydrogen-bond acceptors (Lipinski definition) is 4. The van der Waals surface area contributed by atoms with Gasteiger partial charge in [0.25, 0.3) is 0 Å². The number of carbonyl (C=O) groups excluding carboxylic acids is 1. The average Bonchev–Trinajstić information content (AvgIpc) is 2.77. The van der Waals surface area contributed by atoms with Gasteiger partial charge in [0.15, 0.2) is 0 Å². The van der Waals surface area contributed by atoms with Gasteiger partial charge in [0.1, 0.15) is 4.90 Å². The molecule has 0 saturated heterocycles. The zero-order chi connectivity index (χ0) is 25.1. The second kappa shape index (κ2) is 9.37. The number of benzene rings is 3. The zero-order valence-corrected chi connectivity index (χ0v) is 17.9. The Morgan fingerprint density at radius 2 is 1.44 bits per heavy atom. The van der Waals surface area contributed by atoms with Gasteiger partial charge >= 0.3 is 12.4 Å². The molecule has 0 aliphatic rings. The maximum Gasteiger partial charge on any atom is 0.417 e. The van der Waals surface area contributed by atoms with Gasteiger partial charge in [-0.3, -0.25) is 4.79 Å². The van der Waals surface area contributed by atoms with Crippen LogP contribution in [0, 0.1) is 0 Å². The van der Waals surface area contributed by atoms with Crippen LogP contribution in [0.15, 0.2) is 82.6 Å². The van der Waals surface area contributed by atoms with Crippen LogP contribution < -0.4 is 10.6 Å². The second-order valence-corrected chi connectivity index (χ2v) is 8.86. The lowest BCUT2D eigenvalue weighted by Gasteiger charge is -2.18. The molecule has 0 saturated carbocycles. The van der Waals surface area contributed by atoms with Gasteiger partial charge in [0, 0.05) is 5.69 Å². The summed E-state index contributed by atoms with van der Waals surface area (Å²) >= 11 is 0. The molecule has 3 aromatic rings. The van der Waals surface area contributed by atoms with E-state index >= 15 is 0 Å². The smallest absolute Gasteiger partial charge is 0.375 e. The van der Waals surface area contributed by atoms with Crippen molar-refractivity contribution >= 4 is 27.1 Å². The van der Waals surface area contributed by atoms with Gasteiger partial charge in [-0.05, 0) is 42.5 Å². The fourth-order valence-corrected chi connectivity index (χ4v) is 4.71. The molecule has 0 atom stereocenters. The van der Waals surface area contributed by atoms with Crippen LogP contribution in [0.2, 0.25) is 0 Å². The summed E-state index contributed by atoms with van der Waals surface area (Å²) in [5, 5.41) is 4.54. The van der Waals surface area contributed by atoms with E-state index < -0.39 is 56.4 Å². The number of carbonyl (C=O) groups is 1. The van der Waals surface area contributed by atoms with Crippen LogP contribution in [-0.4, -0.2) is 20.9 Å². The first-order valence-corrected chi connectivity index (χ1v) is 11.0. The number of amides is 1. The molecule has 0 aromatic heterocycles. The highest BCUT2D eigenvalue weighted by atomic mass is 32.2. The molecule has 0 unspecified atom stereocenters. The van der Waals surface area contributed by atoms with Crippen molar-refractivity contribution in [3.05, 3.63) is 83.9 Å². The van der Waals surface area contributed by atoms with Crippen LogP contribution in [0.5, 0.6) is 0 Å². The SMILES string of the molecule is O=C(CNc1cccc(C(F)(F)F)c1S(=O)(=O)c1ccccc1)Nc1cccc(C(F)(F)F)c1. The van der Waals surface area contributed by atoms with Crippen molar-refractivity contribution in [1.82, 2.24) is 0 Å². The van der Waals surface area contributed by atoms with Crippen LogP contribution in [0.4, 0.5) is 37.7 Å². The lowest BCUT2D eigenvalue weighted by molar-refractivity contribution is -0.140. The van der Waals surface area contributed by atoms with Crippen molar-refractivity contribution in [3.63, 3.8) is 0 Å². The van der Waals surface area contributed by atoms with Crippen molar-refractivity contribution in [1.29, 1.82) is 0 Å². The average molecular weight is 502 g/mol. The van der Waals surface area contributed by atoms with Gasteiger partial charge < -0.3 is 10.6 Å². The number of hydrogen-bond donors (Lipinski definition) is 2. The summed E-state index contributed by atoms with van der Waals surface area (Å²) in [5.74, 6) is -0.903. The first-order chi connectivity index (χ1) is 15.8. The predicted octanol–water partition coefficient (Wildman–Crippen LogP) is 5.61. The minimum Gasteiger partial charge on any atom is -0.375 e. The maximum atomic E-state index is 13.6. The Kier molecular flexibility index (Phi) is 6.92. The number of nitrogens with one attached hydrogen (secondary N) is 2. The minimum atomic E-state index is -5.02. The minimum absolute atomic E-state index is 0.192. The van der Waals surface area contributed by atoms with E-state index in [9.17, 15) is 39.6 Å². The monoisotopic (exact) mass is 502 g/mol. The quantitative estimate of drug-likeness (QED) is 0.430. The van der Waals surface area contributed by atoms with Gasteiger partial charge in [-0.25, -0.2) is 8.42 Å². The van der Waals surface area contributed by atoms with Gasteiger partial charge in [-0.2, -0.15) is 26.3 Å². The summed E-state index contributed by atoms with van der Waals surface area (Å²) in [7, 11) is -4.65. The second-order valence-electron chi connectivity index (χ2n) is 6.98. The van der Waals surface area contributed by atoms with E-state index in [1.807, 2.05) is 0 Å². The fourth-order valence-electron chi connectivity index (χ4n) is 3.06. The summed E-state index contributed by atoms with van der Waals surface area (Å²) in [6.45, 7) is -0.713. The Labute approximate surface area is 190 Å². The molecule has 3 rings (SSSR count). The van der Waals surface area contributed by atoms with E-state index in [1.165, 1.54) is 24.3 Å². The zero-order valence-electron chi connectivity index (χ0n) is 17.0.